The maximum absolute atomic E-state index is 12.9. The van der Waals surface area contributed by atoms with Crippen LogP contribution in [-0.2, 0) is 14.8 Å². The van der Waals surface area contributed by atoms with Crippen molar-refractivity contribution in [1.82, 2.24) is 0 Å². The molecular formula is C19H22N2O6S. The van der Waals surface area contributed by atoms with Crippen LogP contribution >= 0.6 is 0 Å². The summed E-state index contributed by atoms with van der Waals surface area (Å²) in [6, 6.07) is 11.1. The van der Waals surface area contributed by atoms with Crippen molar-refractivity contribution in [2.45, 2.75) is 18.7 Å². The minimum atomic E-state index is -3.92. The number of nitrogens with one attached hydrogen (secondary N) is 1. The minimum absolute atomic E-state index is 0.0261. The second-order valence-electron chi connectivity index (χ2n) is 5.86. The third kappa shape index (κ3) is 4.14. The molecule has 0 aliphatic carbocycles. The van der Waals surface area contributed by atoms with Gasteiger partial charge in [0.05, 0.1) is 36.0 Å². The van der Waals surface area contributed by atoms with E-state index in [0.29, 0.717) is 36.9 Å². The fraction of sp³-hybridized carbons (Fsp3) is 0.316. The molecule has 150 valence electrons. The molecule has 1 aliphatic heterocycles. The number of hydrogen-bond acceptors (Lipinski definition) is 6. The van der Waals surface area contributed by atoms with Crippen molar-refractivity contribution in [2.75, 3.05) is 36.0 Å². The van der Waals surface area contributed by atoms with Crippen LogP contribution in [0.2, 0.25) is 0 Å². The highest BCUT2D eigenvalue weighted by atomic mass is 32.2. The molecule has 2 aromatic carbocycles. The van der Waals surface area contributed by atoms with E-state index in [0.717, 1.165) is 0 Å². The van der Waals surface area contributed by atoms with Crippen LogP contribution in [0.4, 0.5) is 16.2 Å². The molecule has 0 saturated carbocycles. The van der Waals surface area contributed by atoms with E-state index in [-0.39, 0.29) is 17.2 Å². The molecule has 1 N–H and O–H groups in total. The molecule has 1 aliphatic rings. The molecule has 1 heterocycles. The number of amides is 1. The predicted molar refractivity (Wildman–Crippen MR) is 105 cm³/mol. The largest absolute Gasteiger partial charge is 0.490 e. The fourth-order valence-electron chi connectivity index (χ4n) is 2.81. The van der Waals surface area contributed by atoms with Gasteiger partial charge >= 0.3 is 6.09 Å². The highest BCUT2D eigenvalue weighted by Crippen LogP contribution is 2.33. The van der Waals surface area contributed by atoms with E-state index >= 15 is 0 Å². The van der Waals surface area contributed by atoms with Gasteiger partial charge < -0.3 is 14.2 Å². The zero-order chi connectivity index (χ0) is 20.1. The van der Waals surface area contributed by atoms with E-state index in [1.54, 1.807) is 37.3 Å². The SMILES string of the molecule is CCOc1ccc(S(=O)(=O)Nc2ccccc2N2CCOC2=O)cc1OCC. The summed E-state index contributed by atoms with van der Waals surface area (Å²) in [5, 5.41) is 0. The lowest BCUT2D eigenvalue weighted by Crippen LogP contribution is -2.25. The molecule has 2 aromatic rings. The molecule has 1 amide bonds. The van der Waals surface area contributed by atoms with Gasteiger partial charge in [0, 0.05) is 6.07 Å². The van der Waals surface area contributed by atoms with Gasteiger partial charge in [-0.2, -0.15) is 0 Å². The van der Waals surface area contributed by atoms with Crippen LogP contribution in [0.15, 0.2) is 47.4 Å². The second kappa shape index (κ2) is 8.39. The molecule has 3 rings (SSSR count). The Morgan fingerprint density at radius 1 is 1.07 bits per heavy atom. The lowest BCUT2D eigenvalue weighted by atomic mass is 10.2. The maximum Gasteiger partial charge on any atom is 0.414 e. The first kappa shape index (κ1) is 19.8. The van der Waals surface area contributed by atoms with Gasteiger partial charge in [0.1, 0.15) is 6.61 Å². The molecule has 0 atom stereocenters. The first-order valence-corrected chi connectivity index (χ1v) is 10.4. The highest BCUT2D eigenvalue weighted by Gasteiger charge is 2.27. The summed E-state index contributed by atoms with van der Waals surface area (Å²) in [5.74, 6) is 0.826. The first-order chi connectivity index (χ1) is 13.5. The number of sulfonamides is 1. The number of cyclic esters (lactones) is 1. The average Bonchev–Trinajstić information content (AvgIpc) is 3.09. The van der Waals surface area contributed by atoms with Gasteiger partial charge in [-0.05, 0) is 38.1 Å². The van der Waals surface area contributed by atoms with Crippen molar-refractivity contribution in [1.29, 1.82) is 0 Å². The van der Waals surface area contributed by atoms with Gasteiger partial charge in [-0.25, -0.2) is 13.2 Å². The van der Waals surface area contributed by atoms with Crippen LogP contribution in [0.3, 0.4) is 0 Å². The molecule has 1 fully saturated rings. The van der Waals surface area contributed by atoms with E-state index in [4.69, 9.17) is 14.2 Å². The molecule has 0 aromatic heterocycles. The Morgan fingerprint density at radius 3 is 2.46 bits per heavy atom. The van der Waals surface area contributed by atoms with Crippen LogP contribution in [0.1, 0.15) is 13.8 Å². The van der Waals surface area contributed by atoms with Crippen LogP contribution < -0.4 is 19.1 Å². The number of carbonyl (C=O) groups is 1. The zero-order valence-corrected chi connectivity index (χ0v) is 16.5. The number of para-hydroxylation sites is 2. The van der Waals surface area contributed by atoms with Gasteiger partial charge in [-0.1, -0.05) is 12.1 Å². The van der Waals surface area contributed by atoms with Crippen LogP contribution in [0, 0.1) is 0 Å². The Bertz CT molecular complexity index is 961. The minimum Gasteiger partial charge on any atom is -0.490 e. The van der Waals surface area contributed by atoms with Crippen molar-refractivity contribution < 1.29 is 27.4 Å². The summed E-state index contributed by atoms with van der Waals surface area (Å²) in [6.07, 6.45) is -0.508. The van der Waals surface area contributed by atoms with E-state index in [1.165, 1.54) is 17.0 Å². The molecule has 1 saturated heterocycles. The molecule has 28 heavy (non-hydrogen) atoms. The second-order valence-corrected chi connectivity index (χ2v) is 7.55. The Kier molecular flexibility index (Phi) is 5.93. The van der Waals surface area contributed by atoms with Gasteiger partial charge in [0.2, 0.25) is 0 Å². The quantitative estimate of drug-likeness (QED) is 0.723. The van der Waals surface area contributed by atoms with E-state index in [1.807, 2.05) is 6.92 Å². The standard InChI is InChI=1S/C19H22N2O6S/c1-3-25-17-10-9-14(13-18(17)26-4-2)28(23,24)20-15-7-5-6-8-16(15)21-11-12-27-19(21)22/h5-10,13,20H,3-4,11-12H2,1-2H3. The predicted octanol–water partition coefficient (Wildman–Crippen LogP) is 3.24. The Balaban J connectivity index is 1.93. The molecule has 0 spiro atoms. The fourth-order valence-corrected chi connectivity index (χ4v) is 3.90. The van der Waals surface area contributed by atoms with Crippen LogP contribution in [-0.4, -0.2) is 40.9 Å². The summed E-state index contributed by atoms with van der Waals surface area (Å²) >= 11 is 0. The number of benzene rings is 2. The Morgan fingerprint density at radius 2 is 1.79 bits per heavy atom. The van der Waals surface area contributed by atoms with E-state index < -0.39 is 16.1 Å². The molecule has 0 unspecified atom stereocenters. The highest BCUT2D eigenvalue weighted by molar-refractivity contribution is 7.92. The van der Waals surface area contributed by atoms with Gasteiger partial charge in [0.15, 0.2) is 11.5 Å². The third-order valence-corrected chi connectivity index (χ3v) is 5.39. The van der Waals surface area contributed by atoms with Gasteiger partial charge in [-0.15, -0.1) is 0 Å². The lowest BCUT2D eigenvalue weighted by Gasteiger charge is -2.19. The third-order valence-electron chi connectivity index (χ3n) is 4.03. The molecule has 9 heteroatoms. The summed E-state index contributed by atoms with van der Waals surface area (Å²) < 4.78 is 44.3. The Labute approximate surface area is 164 Å². The molecule has 0 bridgehead atoms. The van der Waals surface area contributed by atoms with Crippen molar-refractivity contribution in [3.8, 4) is 11.5 Å². The number of rotatable bonds is 8. The summed E-state index contributed by atoms with van der Waals surface area (Å²) in [7, 11) is -3.92. The number of ether oxygens (including phenoxy) is 3. The maximum atomic E-state index is 12.9. The number of hydrogen-bond donors (Lipinski definition) is 1. The van der Waals surface area contributed by atoms with Gasteiger partial charge in [0.25, 0.3) is 10.0 Å². The summed E-state index contributed by atoms with van der Waals surface area (Å²) in [5.41, 5.74) is 0.720. The van der Waals surface area contributed by atoms with Crippen LogP contribution in [0.25, 0.3) is 0 Å². The topological polar surface area (TPSA) is 94.2 Å². The number of carbonyl (C=O) groups excluding carboxylic acids is 1. The first-order valence-electron chi connectivity index (χ1n) is 8.92. The normalized spacial score (nSPS) is 13.9. The molecular weight excluding hydrogens is 384 g/mol. The molecule has 0 radical (unpaired) electrons. The zero-order valence-electron chi connectivity index (χ0n) is 15.7. The number of nitrogens with zero attached hydrogens (tertiary/aromatic N) is 1. The molecule has 8 nitrogen and oxygen atoms in total. The van der Waals surface area contributed by atoms with Crippen LogP contribution in [0.5, 0.6) is 11.5 Å². The van der Waals surface area contributed by atoms with Crippen molar-refractivity contribution >= 4 is 27.5 Å². The van der Waals surface area contributed by atoms with Crippen molar-refractivity contribution in [2.24, 2.45) is 0 Å². The summed E-state index contributed by atoms with van der Waals surface area (Å²) in [4.78, 5) is 13.3. The monoisotopic (exact) mass is 406 g/mol. The van der Waals surface area contributed by atoms with Crippen molar-refractivity contribution in [3.05, 3.63) is 42.5 Å². The van der Waals surface area contributed by atoms with Gasteiger partial charge in [-0.3, -0.25) is 9.62 Å². The van der Waals surface area contributed by atoms with Crippen molar-refractivity contribution in [3.63, 3.8) is 0 Å². The number of anilines is 2. The Hall–Kier alpha value is -2.94. The van der Waals surface area contributed by atoms with E-state index in [2.05, 4.69) is 4.72 Å². The average molecular weight is 406 g/mol. The smallest absolute Gasteiger partial charge is 0.414 e. The van der Waals surface area contributed by atoms with E-state index in [9.17, 15) is 13.2 Å². The summed E-state index contributed by atoms with van der Waals surface area (Å²) in [6.45, 7) is 5.06. The lowest BCUT2D eigenvalue weighted by molar-refractivity contribution is 0.181.